The molecule has 0 aliphatic rings. The summed E-state index contributed by atoms with van der Waals surface area (Å²) in [4.78, 5) is -3.98. The van der Waals surface area contributed by atoms with Crippen LogP contribution in [-0.2, 0) is 60.7 Å². The third-order valence-electron chi connectivity index (χ3n) is 13.5. The summed E-state index contributed by atoms with van der Waals surface area (Å²) in [5.41, 5.74) is -0.226. The smallest absolute Gasteiger partial charge is 0.594 e. The van der Waals surface area contributed by atoms with Crippen LogP contribution in [0.15, 0.2) is 270 Å². The molecule has 0 aliphatic carbocycles. The van der Waals surface area contributed by atoms with Gasteiger partial charge in [0.15, 0.2) is 0 Å². The Morgan fingerprint density at radius 3 is 0.854 bits per heavy atom. The van der Waals surface area contributed by atoms with Crippen molar-refractivity contribution in [3.8, 4) is 0 Å². The number of fused-ring (bicyclic) bond motifs is 2. The second-order valence-corrected chi connectivity index (χ2v) is 28.3. The third-order valence-corrected chi connectivity index (χ3v) is 18.9. The van der Waals surface area contributed by atoms with Crippen molar-refractivity contribution >= 4 is 163 Å². The van der Waals surface area contributed by atoms with E-state index in [1.807, 2.05) is 0 Å². The maximum absolute atomic E-state index is 13.5. The van der Waals surface area contributed by atoms with Crippen molar-refractivity contribution in [2.24, 2.45) is 46.0 Å². The molecule has 0 heterocycles. The van der Waals surface area contributed by atoms with Crippen LogP contribution in [0.25, 0.3) is 45.8 Å². The van der Waals surface area contributed by atoms with Crippen LogP contribution in [-0.4, -0.2) is 82.7 Å². The number of hydrogen-bond acceptors (Lipinski definition) is 22. The fourth-order valence-electron chi connectivity index (χ4n) is 9.06. The fourth-order valence-corrected chi connectivity index (χ4v) is 12.8. The van der Waals surface area contributed by atoms with Crippen LogP contribution in [0.4, 0.5) is 56.9 Å². The Hall–Kier alpha value is -9.54. The van der Waals surface area contributed by atoms with Crippen LogP contribution in [0.3, 0.4) is 0 Å². The van der Waals surface area contributed by atoms with E-state index >= 15 is 0 Å². The zero-order chi connectivity index (χ0) is 68.3. The van der Waals surface area contributed by atoms with Gasteiger partial charge in [0.2, 0.25) is 5.69 Å². The maximum Gasteiger partial charge on any atom is 1.00 e. The molecular formula is C60H42N10NaO19S6+. The van der Waals surface area contributed by atoms with Gasteiger partial charge in [0.25, 0.3) is 60.7 Å². The summed E-state index contributed by atoms with van der Waals surface area (Å²) in [5, 5.41) is 53.1. The first-order valence-electron chi connectivity index (χ1n) is 26.6. The molecule has 36 heteroatoms. The van der Waals surface area contributed by atoms with E-state index in [0.29, 0.717) is 50.4 Å². The Bertz CT molecular complexity index is 5750. The summed E-state index contributed by atoms with van der Waals surface area (Å²) >= 11 is 0. The Morgan fingerprint density at radius 1 is 0.292 bits per heavy atom. The molecule has 0 radical (unpaired) electrons. The summed E-state index contributed by atoms with van der Waals surface area (Å²) in [6.07, 6.45) is 4.25. The van der Waals surface area contributed by atoms with Crippen molar-refractivity contribution in [1.29, 1.82) is 0 Å². The van der Waals surface area contributed by atoms with Gasteiger partial charge < -0.3 is 5.21 Å². The number of nitrogens with zero attached hydrogens (tertiary/aromatic N) is 10. The van der Waals surface area contributed by atoms with Crippen LogP contribution < -0.4 is 29.6 Å². The van der Waals surface area contributed by atoms with Gasteiger partial charge in [-0.3, -0.25) is 27.3 Å². The summed E-state index contributed by atoms with van der Waals surface area (Å²) in [5.74, 6) is 0. The summed E-state index contributed by atoms with van der Waals surface area (Å²) in [6, 6.07) is 42.6. The number of benzene rings is 10. The van der Waals surface area contributed by atoms with Gasteiger partial charge in [-0.1, -0.05) is 95.9 Å². The van der Waals surface area contributed by atoms with Gasteiger partial charge in [-0.05, 0) is 138 Å². The molecule has 0 saturated heterocycles. The first kappa shape index (κ1) is 70.8. The fraction of sp³-hybridized carbons (Fsp3) is 0. The molecule has 96 heavy (non-hydrogen) atoms. The van der Waals surface area contributed by atoms with Crippen LogP contribution >= 0.6 is 0 Å². The summed E-state index contributed by atoms with van der Waals surface area (Å²) in [7, 11) is -29.2. The van der Waals surface area contributed by atoms with Gasteiger partial charge in [-0.2, -0.15) is 71.0 Å². The average Bonchev–Trinajstić information content (AvgIpc) is 0.814. The SMILES string of the molecule is O=S(=O)(O)c1ccc(N=Nc2ccc(N=Nc3ccc(/C=C/c4ccc(N=[N+]([O-])c5ccc(/C=C/c6ccc(N=Nc7ccc(N=Nc8ccc(S(=O)(=O)O)cc8)c8ccccc78)cc6S(=O)(=O)O)c(S(=O)(=O)O)c5)cc4S(=O)(=O)O)c(S(=O)(=O)O)c3)c3ccccc23)cc1.[Na+]. The standard InChI is InChI=1S/C60H42N10O19S6.Na/c71-70(46-24-16-40(60(36-46)95(87,88)89)12-11-38-14-18-44(34-58(38)93(81,82)83)64-68-56-32-30-54(50-6-2-4-8-52(50)56)66-62-42-22-27-48(28-23-42)91(75,76)77)69-45-19-15-39(59(35-45)94(84,85)86)10-9-37-13-17-43(33-57(37)92(78,79)80)63-67-55-31-29-53(49-5-1-3-7-51(49)55)65-61-41-20-25-47(26-21-41)90(72,73)74;/h1-36H,(H,72,73,74)(H,75,76,77)(H,78,79,80)(H,81,82,83)(H,84,85,86)(H,87,88,89);/q;+1/b10-9+,12-11+,65-61?,66-62?,67-63?,68-64?,70-69?;. The number of azo groups is 5. The maximum atomic E-state index is 13.5. The van der Waals surface area contributed by atoms with E-state index in [1.165, 1.54) is 48.5 Å². The zero-order valence-electron chi connectivity index (χ0n) is 48.7. The van der Waals surface area contributed by atoms with Gasteiger partial charge in [-0.25, -0.2) is 0 Å². The summed E-state index contributed by atoms with van der Waals surface area (Å²) < 4.78 is 207. The predicted octanol–water partition coefficient (Wildman–Crippen LogP) is 12.4. The van der Waals surface area contributed by atoms with Crippen molar-refractivity contribution in [2.45, 2.75) is 29.4 Å². The van der Waals surface area contributed by atoms with Crippen LogP contribution in [0, 0.1) is 5.21 Å². The van der Waals surface area contributed by atoms with Gasteiger partial charge in [0.1, 0.15) is 25.3 Å². The number of rotatable bonds is 20. The molecule has 0 spiro atoms. The molecule has 6 N–H and O–H groups in total. The van der Waals surface area contributed by atoms with Gasteiger partial charge in [-0.15, -0.1) is 20.5 Å². The van der Waals surface area contributed by atoms with E-state index in [2.05, 4.69) is 46.0 Å². The Balaban J connectivity index is 0.0000108. The van der Waals surface area contributed by atoms with E-state index < -0.39 is 91.7 Å². The molecule has 0 unspecified atom stereocenters. The first-order valence-corrected chi connectivity index (χ1v) is 35.3. The largest absolute Gasteiger partial charge is 1.00 e. The van der Waals surface area contributed by atoms with Gasteiger partial charge in [0, 0.05) is 38.8 Å². The topological polar surface area (TPSA) is 464 Å². The molecular weight excluding hydrogens is 1380 g/mol. The molecule has 0 fully saturated rings. The van der Waals surface area contributed by atoms with E-state index in [1.54, 1.807) is 72.8 Å². The second kappa shape index (κ2) is 28.4. The predicted molar refractivity (Wildman–Crippen MR) is 345 cm³/mol. The van der Waals surface area contributed by atoms with Crippen LogP contribution in [0.5, 0.6) is 0 Å². The molecule has 0 amide bonds. The molecule has 10 rings (SSSR count). The van der Waals surface area contributed by atoms with Crippen molar-refractivity contribution in [1.82, 2.24) is 0 Å². The molecule has 10 aromatic carbocycles. The van der Waals surface area contributed by atoms with E-state index in [9.17, 15) is 83.0 Å². The van der Waals surface area contributed by atoms with Crippen LogP contribution in [0.2, 0.25) is 0 Å². The molecule has 0 aliphatic heterocycles. The van der Waals surface area contributed by atoms with E-state index in [-0.39, 0.29) is 89.2 Å². The van der Waals surface area contributed by atoms with Crippen molar-refractivity contribution in [3.63, 3.8) is 0 Å². The molecule has 0 bridgehead atoms. The normalized spacial score (nSPS) is 13.2. The number of hydrogen-bond donors (Lipinski definition) is 6. The minimum atomic E-state index is -5.19. The van der Waals surface area contributed by atoms with Crippen molar-refractivity contribution in [2.75, 3.05) is 0 Å². The first-order chi connectivity index (χ1) is 44.8. The van der Waals surface area contributed by atoms with Crippen molar-refractivity contribution in [3.05, 3.63) is 222 Å². The molecule has 29 nitrogen and oxygen atoms in total. The monoisotopic (exact) mass is 1420 g/mol. The molecule has 0 atom stereocenters. The van der Waals surface area contributed by atoms with Crippen LogP contribution in [0.1, 0.15) is 22.3 Å². The second-order valence-electron chi connectivity index (χ2n) is 19.9. The van der Waals surface area contributed by atoms with Gasteiger partial charge in [0.05, 0.1) is 55.3 Å². The third kappa shape index (κ3) is 17.3. The Labute approximate surface area is 568 Å². The zero-order valence-corrected chi connectivity index (χ0v) is 55.6. The minimum Gasteiger partial charge on any atom is -0.594 e. The molecule has 0 aromatic heterocycles. The molecule has 482 valence electrons. The van der Waals surface area contributed by atoms with Gasteiger partial charge >= 0.3 is 29.6 Å². The average molecular weight is 1420 g/mol. The quantitative estimate of drug-likeness (QED) is 0.0103. The Kier molecular flexibility index (Phi) is 21.0. The molecule has 0 saturated carbocycles. The summed E-state index contributed by atoms with van der Waals surface area (Å²) in [6.45, 7) is 0. The minimum absolute atomic E-state index is 0. The van der Waals surface area contributed by atoms with Crippen molar-refractivity contribution < 1.29 is 112 Å². The molecule has 10 aromatic rings. The Morgan fingerprint density at radius 2 is 0.552 bits per heavy atom. The van der Waals surface area contributed by atoms with E-state index in [4.69, 9.17) is 0 Å². The van der Waals surface area contributed by atoms with E-state index in [0.717, 1.165) is 91.0 Å².